The van der Waals surface area contributed by atoms with Gasteiger partial charge in [-0.3, -0.25) is 9.59 Å². The maximum Gasteiger partial charge on any atom is 0.241 e. The van der Waals surface area contributed by atoms with Crippen molar-refractivity contribution in [3.05, 3.63) is 48.0 Å². The number of carbonyl (C=O) groups excluding carboxylic acids is 2. The number of amides is 2. The van der Waals surface area contributed by atoms with Gasteiger partial charge in [0.2, 0.25) is 28.6 Å². The molecule has 0 saturated heterocycles. The Morgan fingerprint density at radius 2 is 1.76 bits per heavy atom. The summed E-state index contributed by atoms with van der Waals surface area (Å²) in [5.41, 5.74) is 1.28. The average molecular weight is 419 g/mol. The number of hydrogen-bond donors (Lipinski definition) is 3. The minimum atomic E-state index is -3.90. The van der Waals surface area contributed by atoms with Gasteiger partial charge in [0.25, 0.3) is 0 Å². The first-order chi connectivity index (χ1) is 13.7. The Kier molecular flexibility index (Phi) is 6.04. The van der Waals surface area contributed by atoms with Crippen LogP contribution in [0.2, 0.25) is 0 Å². The molecule has 9 nitrogen and oxygen atoms in total. The number of sulfonamides is 1. The molecule has 0 saturated carbocycles. The van der Waals surface area contributed by atoms with Crippen molar-refractivity contribution < 1.29 is 27.5 Å². The minimum Gasteiger partial charge on any atom is -0.454 e. The Morgan fingerprint density at radius 3 is 2.45 bits per heavy atom. The SMILES string of the molecule is CC(=O)Nc1ccc(S(=O)(=O)N[C@@H](C)C(=O)NCc2ccc3c(c2)OCO3)cc1. The van der Waals surface area contributed by atoms with Gasteiger partial charge in [-0.05, 0) is 48.9 Å². The molecule has 10 heteroatoms. The molecule has 0 radical (unpaired) electrons. The molecule has 154 valence electrons. The van der Waals surface area contributed by atoms with E-state index in [0.717, 1.165) is 5.56 Å². The zero-order valence-electron chi connectivity index (χ0n) is 15.9. The Labute approximate surface area is 168 Å². The van der Waals surface area contributed by atoms with Gasteiger partial charge in [0.1, 0.15) is 0 Å². The van der Waals surface area contributed by atoms with E-state index in [4.69, 9.17) is 9.47 Å². The second-order valence-electron chi connectivity index (χ2n) is 6.45. The molecule has 3 rings (SSSR count). The molecule has 0 aliphatic carbocycles. The molecule has 0 bridgehead atoms. The van der Waals surface area contributed by atoms with Crippen LogP contribution in [-0.2, 0) is 26.2 Å². The predicted octanol–water partition coefficient (Wildman–Crippen LogP) is 1.36. The van der Waals surface area contributed by atoms with Crippen LogP contribution >= 0.6 is 0 Å². The number of anilines is 1. The van der Waals surface area contributed by atoms with Crippen LogP contribution in [0.5, 0.6) is 11.5 Å². The molecule has 2 aromatic rings. The van der Waals surface area contributed by atoms with Crippen LogP contribution in [0, 0.1) is 0 Å². The molecule has 1 aliphatic heterocycles. The molecule has 0 unspecified atom stereocenters. The van der Waals surface area contributed by atoms with Crippen molar-refractivity contribution in [3.63, 3.8) is 0 Å². The number of carbonyl (C=O) groups is 2. The fraction of sp³-hybridized carbons (Fsp3) is 0.263. The molecule has 3 N–H and O–H groups in total. The standard InChI is InChI=1S/C19H21N3O6S/c1-12(19(24)20-10-14-3-8-17-18(9-14)28-11-27-17)22-29(25,26)16-6-4-15(5-7-16)21-13(2)23/h3-9,12,22H,10-11H2,1-2H3,(H,20,24)(H,21,23)/t12-/m0/s1. The predicted molar refractivity (Wildman–Crippen MR) is 105 cm³/mol. The van der Waals surface area contributed by atoms with Crippen LogP contribution in [0.15, 0.2) is 47.4 Å². The summed E-state index contributed by atoms with van der Waals surface area (Å²) >= 11 is 0. The van der Waals surface area contributed by atoms with Crippen LogP contribution in [0.1, 0.15) is 19.4 Å². The van der Waals surface area contributed by atoms with E-state index in [1.807, 2.05) is 0 Å². The van der Waals surface area contributed by atoms with Crippen LogP contribution in [0.4, 0.5) is 5.69 Å². The van der Waals surface area contributed by atoms with E-state index in [1.165, 1.54) is 38.1 Å². The van der Waals surface area contributed by atoms with Crippen molar-refractivity contribution in [3.8, 4) is 11.5 Å². The topological polar surface area (TPSA) is 123 Å². The second kappa shape index (κ2) is 8.50. The molecule has 0 aromatic heterocycles. The first-order valence-corrected chi connectivity index (χ1v) is 10.3. The van der Waals surface area contributed by atoms with Gasteiger partial charge in [-0.15, -0.1) is 0 Å². The number of nitrogens with one attached hydrogen (secondary N) is 3. The fourth-order valence-corrected chi connectivity index (χ4v) is 3.87. The van der Waals surface area contributed by atoms with Gasteiger partial charge in [0.15, 0.2) is 11.5 Å². The highest BCUT2D eigenvalue weighted by Gasteiger charge is 2.22. The van der Waals surface area contributed by atoms with Crippen LogP contribution < -0.4 is 24.8 Å². The van der Waals surface area contributed by atoms with Gasteiger partial charge in [0.05, 0.1) is 10.9 Å². The summed E-state index contributed by atoms with van der Waals surface area (Å²) in [5.74, 6) is 0.520. The molecule has 1 heterocycles. The minimum absolute atomic E-state index is 0.0120. The first-order valence-electron chi connectivity index (χ1n) is 8.81. The summed E-state index contributed by atoms with van der Waals surface area (Å²) in [5, 5.41) is 5.24. The summed E-state index contributed by atoms with van der Waals surface area (Å²) in [6.07, 6.45) is 0. The van der Waals surface area contributed by atoms with Crippen molar-refractivity contribution in [2.24, 2.45) is 0 Å². The smallest absolute Gasteiger partial charge is 0.241 e. The molecule has 2 aromatic carbocycles. The molecule has 0 spiro atoms. The van der Waals surface area contributed by atoms with E-state index in [-0.39, 0.29) is 24.1 Å². The van der Waals surface area contributed by atoms with Crippen molar-refractivity contribution in [1.29, 1.82) is 0 Å². The summed E-state index contributed by atoms with van der Waals surface area (Å²) in [4.78, 5) is 23.3. The summed E-state index contributed by atoms with van der Waals surface area (Å²) in [6.45, 7) is 3.19. The fourth-order valence-electron chi connectivity index (χ4n) is 2.67. The van der Waals surface area contributed by atoms with Gasteiger partial charge >= 0.3 is 0 Å². The largest absolute Gasteiger partial charge is 0.454 e. The Hall–Kier alpha value is -3.11. The highest BCUT2D eigenvalue weighted by atomic mass is 32.2. The molecule has 0 fully saturated rings. The Balaban J connectivity index is 1.57. The molecular formula is C19H21N3O6S. The summed E-state index contributed by atoms with van der Waals surface area (Å²) in [6, 6.07) is 9.97. The Bertz CT molecular complexity index is 1020. The number of ether oxygens (including phenoxy) is 2. The third-order valence-electron chi connectivity index (χ3n) is 4.11. The van der Waals surface area contributed by atoms with Crippen LogP contribution in [-0.4, -0.2) is 33.1 Å². The third kappa shape index (κ3) is 5.24. The summed E-state index contributed by atoms with van der Waals surface area (Å²) in [7, 11) is -3.90. The third-order valence-corrected chi connectivity index (χ3v) is 5.67. The van der Waals surface area contributed by atoms with Gasteiger partial charge in [-0.25, -0.2) is 8.42 Å². The molecule has 29 heavy (non-hydrogen) atoms. The van der Waals surface area contributed by atoms with E-state index in [9.17, 15) is 18.0 Å². The van der Waals surface area contributed by atoms with Crippen LogP contribution in [0.25, 0.3) is 0 Å². The molecule has 2 amide bonds. The van der Waals surface area contributed by atoms with Crippen molar-refractivity contribution in [2.45, 2.75) is 31.3 Å². The van der Waals surface area contributed by atoms with Gasteiger partial charge in [-0.1, -0.05) is 6.07 Å². The molecule has 1 aliphatic rings. The van der Waals surface area contributed by atoms with E-state index >= 15 is 0 Å². The van der Waals surface area contributed by atoms with Gasteiger partial charge in [-0.2, -0.15) is 4.72 Å². The highest BCUT2D eigenvalue weighted by molar-refractivity contribution is 7.89. The zero-order chi connectivity index (χ0) is 21.0. The van der Waals surface area contributed by atoms with Gasteiger partial charge in [0, 0.05) is 19.2 Å². The lowest BCUT2D eigenvalue weighted by molar-refractivity contribution is -0.122. The lowest BCUT2D eigenvalue weighted by atomic mass is 10.2. The quantitative estimate of drug-likeness (QED) is 0.623. The van der Waals surface area contributed by atoms with E-state index < -0.39 is 22.0 Å². The lowest BCUT2D eigenvalue weighted by Gasteiger charge is -2.15. The summed E-state index contributed by atoms with van der Waals surface area (Å²) < 4.78 is 37.8. The maximum atomic E-state index is 12.5. The number of hydrogen-bond acceptors (Lipinski definition) is 6. The number of benzene rings is 2. The number of rotatable bonds is 7. The molecular weight excluding hydrogens is 398 g/mol. The van der Waals surface area contributed by atoms with Crippen molar-refractivity contribution in [1.82, 2.24) is 10.0 Å². The van der Waals surface area contributed by atoms with Crippen molar-refractivity contribution in [2.75, 3.05) is 12.1 Å². The zero-order valence-corrected chi connectivity index (χ0v) is 16.7. The second-order valence-corrected chi connectivity index (χ2v) is 8.17. The number of fused-ring (bicyclic) bond motifs is 1. The Morgan fingerprint density at radius 1 is 1.07 bits per heavy atom. The van der Waals surface area contributed by atoms with Crippen molar-refractivity contribution >= 4 is 27.5 Å². The normalized spacial score (nSPS) is 13.6. The maximum absolute atomic E-state index is 12.5. The van der Waals surface area contributed by atoms with Gasteiger partial charge < -0.3 is 20.1 Å². The highest BCUT2D eigenvalue weighted by Crippen LogP contribution is 2.32. The first kappa shape index (κ1) is 20.6. The monoisotopic (exact) mass is 419 g/mol. The van der Waals surface area contributed by atoms with E-state index in [2.05, 4.69) is 15.4 Å². The van der Waals surface area contributed by atoms with Crippen LogP contribution in [0.3, 0.4) is 0 Å². The average Bonchev–Trinajstić information content (AvgIpc) is 3.13. The van der Waals surface area contributed by atoms with E-state index in [1.54, 1.807) is 18.2 Å². The molecule has 1 atom stereocenters. The lowest BCUT2D eigenvalue weighted by Crippen LogP contribution is -2.44. The van der Waals surface area contributed by atoms with E-state index in [0.29, 0.717) is 17.2 Å².